The Morgan fingerprint density at radius 2 is 1.85 bits per heavy atom. The minimum Gasteiger partial charge on any atom is -0.293 e. The quantitative estimate of drug-likeness (QED) is 0.439. The molecule has 2 aliphatic rings. The van der Waals surface area contributed by atoms with Gasteiger partial charge in [-0.15, -0.1) is 0 Å². The lowest BCUT2D eigenvalue weighted by Crippen LogP contribution is -2.32. The SMILES string of the molecule is Clc1cccc(C2CN(C3CCCCC3)N=C2c2cc(Br)cnc2Cl)c1Cl. The summed E-state index contributed by atoms with van der Waals surface area (Å²) in [7, 11) is 0. The van der Waals surface area contributed by atoms with E-state index in [1.807, 2.05) is 24.3 Å². The molecule has 142 valence electrons. The highest BCUT2D eigenvalue weighted by Gasteiger charge is 2.35. The van der Waals surface area contributed by atoms with Crippen LogP contribution < -0.4 is 0 Å². The van der Waals surface area contributed by atoms with Crippen LogP contribution in [-0.2, 0) is 0 Å². The van der Waals surface area contributed by atoms with Gasteiger partial charge in [0.2, 0.25) is 0 Å². The minimum atomic E-state index is 0.00623. The van der Waals surface area contributed by atoms with Crippen molar-refractivity contribution < 1.29 is 0 Å². The van der Waals surface area contributed by atoms with Gasteiger partial charge in [-0.05, 0) is 46.5 Å². The third-order valence-electron chi connectivity index (χ3n) is 5.37. The summed E-state index contributed by atoms with van der Waals surface area (Å²) in [5.41, 5.74) is 2.73. The van der Waals surface area contributed by atoms with E-state index >= 15 is 0 Å². The molecule has 0 saturated heterocycles. The van der Waals surface area contributed by atoms with Gasteiger partial charge in [0.05, 0.1) is 15.8 Å². The number of hydrogen-bond acceptors (Lipinski definition) is 3. The fourth-order valence-electron chi connectivity index (χ4n) is 4.01. The van der Waals surface area contributed by atoms with Crippen LogP contribution >= 0.6 is 50.7 Å². The third kappa shape index (κ3) is 4.00. The molecule has 4 rings (SSSR count). The van der Waals surface area contributed by atoms with Crippen LogP contribution in [0.15, 0.2) is 40.0 Å². The first-order valence-corrected chi connectivity index (χ1v) is 11.1. The van der Waals surface area contributed by atoms with Crippen molar-refractivity contribution in [3.63, 3.8) is 0 Å². The molecule has 0 bridgehead atoms. The Bertz CT molecular complexity index is 881. The van der Waals surface area contributed by atoms with Crippen molar-refractivity contribution in [2.45, 2.75) is 44.1 Å². The van der Waals surface area contributed by atoms with E-state index in [4.69, 9.17) is 39.9 Å². The van der Waals surface area contributed by atoms with Gasteiger partial charge in [-0.25, -0.2) is 4.98 Å². The molecule has 7 heteroatoms. The fourth-order valence-corrected chi connectivity index (χ4v) is 4.98. The monoisotopic (exact) mass is 485 g/mol. The predicted molar refractivity (Wildman–Crippen MR) is 116 cm³/mol. The average Bonchev–Trinajstić information content (AvgIpc) is 3.11. The van der Waals surface area contributed by atoms with Crippen molar-refractivity contribution >= 4 is 56.4 Å². The minimum absolute atomic E-state index is 0.00623. The zero-order chi connectivity index (χ0) is 19.0. The summed E-state index contributed by atoms with van der Waals surface area (Å²) >= 11 is 22.8. The van der Waals surface area contributed by atoms with E-state index in [1.54, 1.807) is 6.20 Å². The van der Waals surface area contributed by atoms with Crippen LogP contribution in [0.1, 0.15) is 49.1 Å². The van der Waals surface area contributed by atoms with Crippen molar-refractivity contribution in [1.82, 2.24) is 9.99 Å². The molecule has 2 aromatic rings. The molecule has 1 aromatic carbocycles. The summed E-state index contributed by atoms with van der Waals surface area (Å²) in [5.74, 6) is 0.00623. The molecule has 1 aromatic heterocycles. The number of hydrogen-bond donors (Lipinski definition) is 0. The second kappa shape index (κ2) is 8.28. The van der Waals surface area contributed by atoms with Crippen LogP contribution in [0.25, 0.3) is 0 Å². The van der Waals surface area contributed by atoms with Crippen LogP contribution in [0.4, 0.5) is 0 Å². The lowest BCUT2D eigenvalue weighted by atomic mass is 9.90. The van der Waals surface area contributed by atoms with E-state index in [1.165, 1.54) is 32.1 Å². The maximum Gasteiger partial charge on any atom is 0.138 e. The summed E-state index contributed by atoms with van der Waals surface area (Å²) in [6.07, 6.45) is 7.88. The Balaban J connectivity index is 1.78. The number of hydrazone groups is 1. The first-order valence-electron chi connectivity index (χ1n) is 9.15. The number of nitrogens with zero attached hydrogens (tertiary/aromatic N) is 3. The Kier molecular flexibility index (Phi) is 5.98. The van der Waals surface area contributed by atoms with Crippen molar-refractivity contribution in [2.75, 3.05) is 6.54 Å². The van der Waals surface area contributed by atoms with Crippen LogP contribution in [0.3, 0.4) is 0 Å². The molecule has 3 nitrogen and oxygen atoms in total. The lowest BCUT2D eigenvalue weighted by Gasteiger charge is -2.30. The molecule has 0 radical (unpaired) electrons. The van der Waals surface area contributed by atoms with Gasteiger partial charge < -0.3 is 0 Å². The van der Waals surface area contributed by atoms with E-state index in [2.05, 4.69) is 25.9 Å². The molecule has 1 aliphatic heterocycles. The molecule has 1 aliphatic carbocycles. The Morgan fingerprint density at radius 3 is 2.63 bits per heavy atom. The molecule has 0 spiro atoms. The Morgan fingerprint density at radius 1 is 1.07 bits per heavy atom. The molecule has 0 amide bonds. The molecule has 27 heavy (non-hydrogen) atoms. The van der Waals surface area contributed by atoms with Gasteiger partial charge in [-0.1, -0.05) is 66.2 Å². The number of aromatic nitrogens is 1. The molecule has 1 atom stereocenters. The maximum atomic E-state index is 6.57. The molecule has 0 N–H and O–H groups in total. The number of benzene rings is 1. The van der Waals surface area contributed by atoms with Crippen molar-refractivity contribution in [2.24, 2.45) is 5.10 Å². The molecule has 1 saturated carbocycles. The highest BCUT2D eigenvalue weighted by molar-refractivity contribution is 9.10. The number of pyridine rings is 1. The highest BCUT2D eigenvalue weighted by atomic mass is 79.9. The van der Waals surface area contributed by atoms with E-state index in [0.717, 1.165) is 27.9 Å². The summed E-state index contributed by atoms with van der Waals surface area (Å²) in [6.45, 7) is 0.781. The summed E-state index contributed by atoms with van der Waals surface area (Å²) < 4.78 is 0.872. The van der Waals surface area contributed by atoms with Gasteiger partial charge >= 0.3 is 0 Å². The zero-order valence-corrected chi connectivity index (χ0v) is 18.5. The van der Waals surface area contributed by atoms with E-state index in [9.17, 15) is 0 Å². The Labute approximate surface area is 182 Å². The van der Waals surface area contributed by atoms with Crippen molar-refractivity contribution in [1.29, 1.82) is 0 Å². The molecule has 1 fully saturated rings. The lowest BCUT2D eigenvalue weighted by molar-refractivity contribution is 0.174. The van der Waals surface area contributed by atoms with Crippen LogP contribution in [-0.4, -0.2) is 28.3 Å². The largest absolute Gasteiger partial charge is 0.293 e. The summed E-state index contributed by atoms with van der Waals surface area (Å²) in [5, 5.41) is 8.84. The first-order chi connectivity index (χ1) is 13.0. The standard InChI is InChI=1S/C20H19BrCl3N3/c21-12-9-15(20(24)25-10-12)19-16(14-7-4-8-17(22)18(14)23)11-27(26-19)13-5-2-1-3-6-13/h4,7-10,13,16H,1-3,5-6,11H2. The van der Waals surface area contributed by atoms with Gasteiger partial charge in [0, 0.05) is 34.7 Å². The van der Waals surface area contributed by atoms with E-state index in [0.29, 0.717) is 21.2 Å². The van der Waals surface area contributed by atoms with Gasteiger partial charge in [-0.2, -0.15) is 5.10 Å². The fraction of sp³-hybridized carbons (Fsp3) is 0.400. The maximum absolute atomic E-state index is 6.57. The smallest absolute Gasteiger partial charge is 0.138 e. The van der Waals surface area contributed by atoms with E-state index < -0.39 is 0 Å². The third-order valence-corrected chi connectivity index (χ3v) is 6.94. The van der Waals surface area contributed by atoms with Crippen LogP contribution in [0.2, 0.25) is 15.2 Å². The van der Waals surface area contributed by atoms with Gasteiger partial charge in [-0.3, -0.25) is 5.01 Å². The van der Waals surface area contributed by atoms with Gasteiger partial charge in [0.25, 0.3) is 0 Å². The summed E-state index contributed by atoms with van der Waals surface area (Å²) in [6, 6.07) is 8.22. The molecule has 1 unspecified atom stereocenters. The van der Waals surface area contributed by atoms with Crippen molar-refractivity contribution in [3.05, 3.63) is 61.3 Å². The van der Waals surface area contributed by atoms with Crippen LogP contribution in [0.5, 0.6) is 0 Å². The predicted octanol–water partition coefficient (Wildman–Crippen LogP) is 6.94. The van der Waals surface area contributed by atoms with Gasteiger partial charge in [0.1, 0.15) is 5.15 Å². The van der Waals surface area contributed by atoms with Crippen molar-refractivity contribution in [3.8, 4) is 0 Å². The summed E-state index contributed by atoms with van der Waals surface area (Å²) in [4.78, 5) is 4.29. The second-order valence-electron chi connectivity index (χ2n) is 7.09. The Hall–Kier alpha value is -0.810. The average molecular weight is 488 g/mol. The zero-order valence-electron chi connectivity index (χ0n) is 14.6. The van der Waals surface area contributed by atoms with E-state index in [-0.39, 0.29) is 5.92 Å². The van der Waals surface area contributed by atoms with Crippen LogP contribution in [0, 0.1) is 0 Å². The first kappa shape index (κ1) is 19.5. The highest BCUT2D eigenvalue weighted by Crippen LogP contribution is 2.39. The molecular weight excluding hydrogens is 469 g/mol. The number of rotatable bonds is 3. The van der Waals surface area contributed by atoms with Gasteiger partial charge in [0.15, 0.2) is 0 Å². The topological polar surface area (TPSA) is 28.5 Å². The normalized spacial score (nSPS) is 20.8. The molecular formula is C20H19BrCl3N3. The number of halogens is 4. The second-order valence-corrected chi connectivity index (χ2v) is 9.15. The molecule has 2 heterocycles.